The van der Waals surface area contributed by atoms with Crippen molar-refractivity contribution in [2.75, 3.05) is 18.4 Å². The number of carbonyl (C=O) groups is 1. The average Bonchev–Trinajstić information content (AvgIpc) is 3.18. The zero-order chi connectivity index (χ0) is 25.8. The summed E-state index contributed by atoms with van der Waals surface area (Å²) < 4.78 is 2.02. The van der Waals surface area contributed by atoms with Gasteiger partial charge >= 0.3 is 0 Å². The van der Waals surface area contributed by atoms with Gasteiger partial charge in [0.15, 0.2) is 0 Å². The Morgan fingerprint density at radius 1 is 0.946 bits per heavy atom. The Labute approximate surface area is 225 Å². The van der Waals surface area contributed by atoms with Gasteiger partial charge in [-0.05, 0) is 48.6 Å². The van der Waals surface area contributed by atoms with Crippen molar-refractivity contribution in [3.8, 4) is 0 Å². The molecular weight excluding hydrogens is 500 g/mol. The van der Waals surface area contributed by atoms with Crippen LogP contribution in [0.2, 0.25) is 0 Å². The maximum absolute atomic E-state index is 13.6. The summed E-state index contributed by atoms with van der Waals surface area (Å²) in [7, 11) is 0. The fourth-order valence-corrected chi connectivity index (χ4v) is 5.55. The van der Waals surface area contributed by atoms with Crippen molar-refractivity contribution >= 4 is 51.7 Å². The first-order valence-electron chi connectivity index (χ1n) is 12.1. The summed E-state index contributed by atoms with van der Waals surface area (Å²) in [6.07, 6.45) is 4.81. The normalized spacial score (nSPS) is 14.6. The van der Waals surface area contributed by atoms with Crippen LogP contribution in [0, 0.1) is 6.92 Å². The molecule has 0 bridgehead atoms. The molecule has 1 N–H and O–H groups in total. The van der Waals surface area contributed by atoms with E-state index in [0.29, 0.717) is 45.8 Å². The summed E-state index contributed by atoms with van der Waals surface area (Å²) in [6, 6.07) is 23.9. The molecule has 0 spiro atoms. The molecule has 1 amide bonds. The van der Waals surface area contributed by atoms with Gasteiger partial charge in [-0.1, -0.05) is 90.7 Å². The zero-order valence-corrected chi connectivity index (χ0v) is 22.0. The number of pyridine rings is 1. The van der Waals surface area contributed by atoms with E-state index in [0.717, 1.165) is 17.5 Å². The van der Waals surface area contributed by atoms with E-state index in [2.05, 4.69) is 17.4 Å². The van der Waals surface area contributed by atoms with Gasteiger partial charge in [0.05, 0.1) is 10.5 Å². The number of fused-ring (bicyclic) bond motifs is 1. The van der Waals surface area contributed by atoms with E-state index >= 15 is 0 Å². The minimum atomic E-state index is -0.231. The van der Waals surface area contributed by atoms with Crippen LogP contribution in [0.1, 0.15) is 22.3 Å². The number of nitrogens with one attached hydrogen (secondary N) is 1. The van der Waals surface area contributed by atoms with Gasteiger partial charge in [-0.25, -0.2) is 4.98 Å². The first-order valence-corrected chi connectivity index (χ1v) is 13.3. The highest BCUT2D eigenvalue weighted by atomic mass is 32.2. The van der Waals surface area contributed by atoms with Gasteiger partial charge in [-0.2, -0.15) is 0 Å². The highest BCUT2D eigenvalue weighted by molar-refractivity contribution is 8.26. The van der Waals surface area contributed by atoms with Crippen LogP contribution in [0.4, 0.5) is 5.82 Å². The van der Waals surface area contributed by atoms with Crippen molar-refractivity contribution < 1.29 is 4.79 Å². The summed E-state index contributed by atoms with van der Waals surface area (Å²) in [5.41, 5.74) is 3.92. The molecule has 2 aromatic heterocycles. The summed E-state index contributed by atoms with van der Waals surface area (Å²) in [4.78, 5) is 33.7. The molecular formula is C29H26N4O2S2. The third kappa shape index (κ3) is 5.50. The van der Waals surface area contributed by atoms with E-state index in [-0.39, 0.29) is 11.5 Å². The van der Waals surface area contributed by atoms with Crippen molar-refractivity contribution in [3.63, 3.8) is 0 Å². The number of thiocarbonyl (C=S) groups is 1. The highest BCUT2D eigenvalue weighted by Crippen LogP contribution is 2.33. The molecule has 186 valence electrons. The lowest BCUT2D eigenvalue weighted by molar-refractivity contribution is -0.122. The largest absolute Gasteiger partial charge is 0.369 e. The van der Waals surface area contributed by atoms with Crippen LogP contribution >= 0.6 is 24.0 Å². The number of hydrogen-bond acceptors (Lipinski definition) is 6. The number of amides is 1. The average molecular weight is 527 g/mol. The Bertz CT molecular complexity index is 1550. The van der Waals surface area contributed by atoms with Gasteiger partial charge in [-0.3, -0.25) is 18.9 Å². The van der Waals surface area contributed by atoms with Crippen molar-refractivity contribution in [3.05, 3.63) is 117 Å². The number of hydrogen-bond donors (Lipinski definition) is 1. The first-order chi connectivity index (χ1) is 18.0. The van der Waals surface area contributed by atoms with Crippen molar-refractivity contribution in [2.24, 2.45) is 0 Å². The Balaban J connectivity index is 1.45. The SMILES string of the molecule is Cc1cccn2c(=O)c(C=C3SC(=S)N(CCc4ccccc4)C3=O)c(NCCc3ccccc3)nc12. The Hall–Kier alpha value is -3.75. The molecule has 0 aliphatic carbocycles. The molecule has 0 atom stereocenters. The van der Waals surface area contributed by atoms with Gasteiger partial charge in [0.1, 0.15) is 15.8 Å². The van der Waals surface area contributed by atoms with Crippen molar-refractivity contribution in [1.82, 2.24) is 14.3 Å². The third-order valence-electron chi connectivity index (χ3n) is 6.25. The number of aryl methyl sites for hydroxylation is 1. The summed E-state index contributed by atoms with van der Waals surface area (Å²) in [5, 5.41) is 3.34. The number of rotatable bonds is 8. The number of nitrogens with zero attached hydrogens (tertiary/aromatic N) is 3. The molecule has 6 nitrogen and oxygen atoms in total. The van der Waals surface area contributed by atoms with Crippen LogP contribution in [-0.4, -0.2) is 37.6 Å². The van der Waals surface area contributed by atoms with Gasteiger partial charge in [-0.15, -0.1) is 0 Å². The molecule has 37 heavy (non-hydrogen) atoms. The highest BCUT2D eigenvalue weighted by Gasteiger charge is 2.32. The maximum Gasteiger partial charge on any atom is 0.267 e. The van der Waals surface area contributed by atoms with Crippen LogP contribution < -0.4 is 10.9 Å². The van der Waals surface area contributed by atoms with Crippen molar-refractivity contribution in [2.45, 2.75) is 19.8 Å². The minimum absolute atomic E-state index is 0.185. The minimum Gasteiger partial charge on any atom is -0.369 e. The molecule has 5 rings (SSSR count). The van der Waals surface area contributed by atoms with E-state index < -0.39 is 0 Å². The number of thioether (sulfide) groups is 1. The topological polar surface area (TPSA) is 66.7 Å². The Morgan fingerprint density at radius 3 is 2.32 bits per heavy atom. The Kier molecular flexibility index (Phi) is 7.48. The summed E-state index contributed by atoms with van der Waals surface area (Å²) in [5.74, 6) is 0.277. The van der Waals surface area contributed by atoms with Crippen LogP contribution in [-0.2, 0) is 17.6 Å². The van der Waals surface area contributed by atoms with Crippen LogP contribution in [0.25, 0.3) is 11.7 Å². The lowest BCUT2D eigenvalue weighted by Crippen LogP contribution is -2.30. The standard InChI is InChI=1S/C29H26N4O2S2/c1-20-9-8-17-32-26(20)31-25(30-16-14-21-10-4-2-5-11-21)23(27(32)34)19-24-28(35)33(29(36)37-24)18-15-22-12-6-3-7-13-22/h2-13,17,19,30H,14-16,18H2,1H3. The number of carbonyl (C=O) groups excluding carboxylic acids is 1. The molecule has 1 fully saturated rings. The van der Waals surface area contributed by atoms with Crippen LogP contribution in [0.3, 0.4) is 0 Å². The summed E-state index contributed by atoms with van der Waals surface area (Å²) >= 11 is 6.75. The Morgan fingerprint density at radius 2 is 1.62 bits per heavy atom. The van der Waals surface area contributed by atoms with E-state index in [1.807, 2.05) is 67.6 Å². The molecule has 2 aromatic carbocycles. The number of aromatic nitrogens is 2. The molecule has 1 aliphatic rings. The zero-order valence-electron chi connectivity index (χ0n) is 20.4. The van der Waals surface area contributed by atoms with Gasteiger partial charge in [0.25, 0.3) is 11.5 Å². The first kappa shape index (κ1) is 24.9. The monoisotopic (exact) mass is 526 g/mol. The fraction of sp³-hybridized carbons (Fsp3) is 0.172. The van der Waals surface area contributed by atoms with Crippen LogP contribution in [0.5, 0.6) is 0 Å². The smallest absolute Gasteiger partial charge is 0.267 e. The third-order valence-corrected chi connectivity index (χ3v) is 7.63. The predicted octanol–water partition coefficient (Wildman–Crippen LogP) is 5.10. The summed E-state index contributed by atoms with van der Waals surface area (Å²) in [6.45, 7) is 3.01. The number of benzene rings is 2. The quantitative estimate of drug-likeness (QED) is 0.255. The molecule has 3 heterocycles. The molecule has 8 heteroatoms. The molecule has 0 saturated carbocycles. The van der Waals surface area contributed by atoms with E-state index in [1.165, 1.54) is 21.7 Å². The van der Waals surface area contributed by atoms with Gasteiger partial charge < -0.3 is 5.32 Å². The van der Waals surface area contributed by atoms with Gasteiger partial charge in [0, 0.05) is 19.3 Å². The molecule has 0 unspecified atom stereocenters. The molecule has 1 aliphatic heterocycles. The molecule has 4 aromatic rings. The van der Waals surface area contributed by atoms with E-state index in [9.17, 15) is 9.59 Å². The van der Waals surface area contributed by atoms with E-state index in [1.54, 1.807) is 17.2 Å². The fourth-order valence-electron chi connectivity index (χ4n) is 4.26. The van der Waals surface area contributed by atoms with Crippen LogP contribution in [0.15, 0.2) is 88.7 Å². The number of anilines is 1. The second-order valence-corrected chi connectivity index (χ2v) is 10.5. The second kappa shape index (κ2) is 11.1. The molecule has 1 saturated heterocycles. The maximum atomic E-state index is 13.6. The lowest BCUT2D eigenvalue weighted by Gasteiger charge is -2.14. The van der Waals surface area contributed by atoms with E-state index in [4.69, 9.17) is 17.2 Å². The van der Waals surface area contributed by atoms with Gasteiger partial charge in [0.2, 0.25) is 0 Å². The lowest BCUT2D eigenvalue weighted by atomic mass is 10.1. The second-order valence-electron chi connectivity index (χ2n) is 8.80. The molecule has 0 radical (unpaired) electrons. The predicted molar refractivity (Wildman–Crippen MR) is 155 cm³/mol. The van der Waals surface area contributed by atoms with Crippen molar-refractivity contribution in [1.29, 1.82) is 0 Å².